The predicted molar refractivity (Wildman–Crippen MR) is 103 cm³/mol. The Balaban J connectivity index is 1.73. The van der Waals surface area contributed by atoms with Crippen LogP contribution in [-0.4, -0.2) is 43.6 Å². The van der Waals surface area contributed by atoms with Gasteiger partial charge in [0.15, 0.2) is 0 Å². The molecular formula is C20H21N3O6. The van der Waals surface area contributed by atoms with E-state index in [9.17, 15) is 19.2 Å². The van der Waals surface area contributed by atoms with Gasteiger partial charge in [-0.15, -0.1) is 0 Å². The van der Waals surface area contributed by atoms with Crippen LogP contribution in [0.15, 0.2) is 54.6 Å². The number of nitrogens with one attached hydrogen (secondary N) is 2. The maximum Gasteiger partial charge on any atom is 0.415 e. The Morgan fingerprint density at radius 2 is 1.66 bits per heavy atom. The minimum atomic E-state index is -1.11. The quantitative estimate of drug-likeness (QED) is 0.462. The third kappa shape index (κ3) is 7.07. The Morgan fingerprint density at radius 3 is 2.28 bits per heavy atom. The number of hydrogen-bond donors (Lipinski definition) is 3. The SMILES string of the molecule is COc1ccc(C[C@H](N)C(=O)NC(=O)CNC(=O)OC(=O)c2ccccc2)cc1. The Hall–Kier alpha value is -3.72. The molecular weight excluding hydrogens is 378 g/mol. The Kier molecular flexibility index (Phi) is 7.87. The van der Waals surface area contributed by atoms with Gasteiger partial charge in [-0.25, -0.2) is 9.59 Å². The van der Waals surface area contributed by atoms with Gasteiger partial charge in [-0.05, 0) is 36.2 Å². The smallest absolute Gasteiger partial charge is 0.415 e. The van der Waals surface area contributed by atoms with E-state index in [4.69, 9.17) is 10.5 Å². The van der Waals surface area contributed by atoms with Crippen molar-refractivity contribution in [2.45, 2.75) is 12.5 Å². The summed E-state index contributed by atoms with van der Waals surface area (Å²) in [5.74, 6) is -1.67. The molecule has 152 valence electrons. The zero-order chi connectivity index (χ0) is 21.2. The molecule has 9 nitrogen and oxygen atoms in total. The van der Waals surface area contributed by atoms with Crippen LogP contribution in [0.25, 0.3) is 0 Å². The van der Waals surface area contributed by atoms with Gasteiger partial charge in [-0.2, -0.15) is 0 Å². The number of ether oxygens (including phenoxy) is 2. The molecule has 0 aliphatic rings. The summed E-state index contributed by atoms with van der Waals surface area (Å²) < 4.78 is 9.60. The molecule has 0 aromatic heterocycles. The van der Waals surface area contributed by atoms with Crippen molar-refractivity contribution in [1.29, 1.82) is 0 Å². The highest BCUT2D eigenvalue weighted by Gasteiger charge is 2.18. The third-order valence-corrected chi connectivity index (χ3v) is 3.80. The Labute approximate surface area is 167 Å². The van der Waals surface area contributed by atoms with E-state index in [2.05, 4.69) is 15.4 Å². The summed E-state index contributed by atoms with van der Waals surface area (Å²) in [4.78, 5) is 47.1. The molecule has 0 radical (unpaired) electrons. The van der Waals surface area contributed by atoms with Crippen LogP contribution in [0.1, 0.15) is 15.9 Å². The molecule has 0 unspecified atom stereocenters. The first-order chi connectivity index (χ1) is 13.9. The van der Waals surface area contributed by atoms with Crippen LogP contribution in [0.4, 0.5) is 4.79 Å². The number of carbonyl (C=O) groups is 4. The lowest BCUT2D eigenvalue weighted by atomic mass is 10.1. The van der Waals surface area contributed by atoms with Crippen LogP contribution in [0.2, 0.25) is 0 Å². The largest absolute Gasteiger partial charge is 0.497 e. The second-order valence-corrected chi connectivity index (χ2v) is 5.97. The maximum atomic E-state index is 12.0. The van der Waals surface area contributed by atoms with Gasteiger partial charge >= 0.3 is 12.1 Å². The molecule has 9 heteroatoms. The minimum absolute atomic E-state index is 0.187. The average molecular weight is 399 g/mol. The molecule has 1 atom stereocenters. The second-order valence-electron chi connectivity index (χ2n) is 5.97. The van der Waals surface area contributed by atoms with Crippen molar-refractivity contribution in [2.24, 2.45) is 5.73 Å². The summed E-state index contributed by atoms with van der Waals surface area (Å²) in [6.07, 6.45) is -0.895. The number of methoxy groups -OCH3 is 1. The minimum Gasteiger partial charge on any atom is -0.497 e. The molecule has 0 bridgehead atoms. The van der Waals surface area contributed by atoms with Gasteiger partial charge in [-0.1, -0.05) is 30.3 Å². The van der Waals surface area contributed by atoms with Crippen molar-refractivity contribution < 1.29 is 28.7 Å². The lowest BCUT2D eigenvalue weighted by molar-refractivity contribution is -0.130. The highest BCUT2D eigenvalue weighted by Crippen LogP contribution is 2.12. The Bertz CT molecular complexity index is 868. The van der Waals surface area contributed by atoms with Gasteiger partial charge in [-0.3, -0.25) is 14.9 Å². The molecule has 0 fully saturated rings. The molecule has 2 aromatic carbocycles. The van der Waals surface area contributed by atoms with E-state index in [-0.39, 0.29) is 12.0 Å². The van der Waals surface area contributed by atoms with Gasteiger partial charge in [0.1, 0.15) is 12.3 Å². The second kappa shape index (κ2) is 10.6. The van der Waals surface area contributed by atoms with Gasteiger partial charge < -0.3 is 20.5 Å². The van der Waals surface area contributed by atoms with Gasteiger partial charge in [0, 0.05) is 0 Å². The van der Waals surface area contributed by atoms with Gasteiger partial charge in [0.25, 0.3) is 0 Å². The standard InChI is InChI=1S/C20H21N3O6/c1-28-15-9-7-13(8-10-15)11-16(21)18(25)23-17(24)12-22-20(27)29-19(26)14-5-3-2-4-6-14/h2-10,16H,11-12,21H2,1H3,(H,22,27)(H,23,24,25)/t16-/m0/s1. The van der Waals surface area contributed by atoms with Gasteiger partial charge in [0.05, 0.1) is 18.7 Å². The number of nitrogens with two attached hydrogens (primary N) is 1. The zero-order valence-corrected chi connectivity index (χ0v) is 15.7. The van der Waals surface area contributed by atoms with Crippen molar-refractivity contribution in [3.63, 3.8) is 0 Å². The first-order valence-electron chi connectivity index (χ1n) is 8.66. The molecule has 0 aliphatic heterocycles. The predicted octanol–water partition coefficient (Wildman–Crippen LogP) is 0.774. The highest BCUT2D eigenvalue weighted by atomic mass is 16.6. The van der Waals surface area contributed by atoms with Crippen LogP contribution in [0, 0.1) is 0 Å². The number of esters is 1. The number of imide groups is 1. The lowest BCUT2D eigenvalue weighted by Crippen LogP contribution is -2.47. The molecule has 0 spiro atoms. The fourth-order valence-electron chi connectivity index (χ4n) is 2.29. The number of carbonyl (C=O) groups excluding carboxylic acids is 4. The van der Waals surface area contributed by atoms with Crippen LogP contribution < -0.4 is 21.1 Å². The first-order valence-corrected chi connectivity index (χ1v) is 8.66. The van der Waals surface area contributed by atoms with Crippen molar-refractivity contribution >= 4 is 23.9 Å². The summed E-state index contributed by atoms with van der Waals surface area (Å²) in [6.45, 7) is -0.554. The average Bonchev–Trinajstić information content (AvgIpc) is 2.73. The van der Waals surface area contributed by atoms with E-state index in [1.165, 1.54) is 12.1 Å². The van der Waals surface area contributed by atoms with Crippen molar-refractivity contribution in [3.05, 3.63) is 65.7 Å². The molecule has 0 saturated carbocycles. The van der Waals surface area contributed by atoms with Crippen molar-refractivity contribution in [2.75, 3.05) is 13.7 Å². The van der Waals surface area contributed by atoms with E-state index in [0.717, 1.165) is 5.56 Å². The maximum absolute atomic E-state index is 12.0. The summed E-state index contributed by atoms with van der Waals surface area (Å²) in [5, 5.41) is 4.17. The number of alkyl carbamates (subject to hydrolysis) is 1. The van der Waals surface area contributed by atoms with Gasteiger partial charge in [0.2, 0.25) is 11.8 Å². The molecule has 0 saturated heterocycles. The van der Waals surface area contributed by atoms with E-state index in [1.54, 1.807) is 49.6 Å². The fourth-order valence-corrected chi connectivity index (χ4v) is 2.29. The molecule has 3 amide bonds. The Morgan fingerprint density at radius 1 is 1.00 bits per heavy atom. The molecule has 29 heavy (non-hydrogen) atoms. The normalized spacial score (nSPS) is 11.1. The topological polar surface area (TPSA) is 137 Å². The number of hydrogen-bond acceptors (Lipinski definition) is 7. The van der Waals surface area contributed by atoms with Crippen LogP contribution >= 0.6 is 0 Å². The van der Waals surface area contributed by atoms with E-state index < -0.39 is 36.5 Å². The fraction of sp³-hybridized carbons (Fsp3) is 0.200. The molecule has 2 aromatic rings. The number of benzene rings is 2. The van der Waals surface area contributed by atoms with Crippen molar-refractivity contribution in [1.82, 2.24) is 10.6 Å². The lowest BCUT2D eigenvalue weighted by Gasteiger charge is -2.12. The summed E-state index contributed by atoms with van der Waals surface area (Å²) in [6, 6.07) is 13.9. The summed E-state index contributed by atoms with van der Waals surface area (Å²) in [5.41, 5.74) is 6.78. The first kappa shape index (κ1) is 21.6. The van der Waals surface area contributed by atoms with Crippen LogP contribution in [0.3, 0.4) is 0 Å². The molecule has 4 N–H and O–H groups in total. The van der Waals surface area contributed by atoms with Crippen LogP contribution in [-0.2, 0) is 20.7 Å². The van der Waals surface area contributed by atoms with E-state index in [1.807, 2.05) is 0 Å². The number of amides is 3. The molecule has 0 aliphatic carbocycles. The molecule has 2 rings (SSSR count). The van der Waals surface area contributed by atoms with E-state index in [0.29, 0.717) is 5.75 Å². The summed E-state index contributed by atoms with van der Waals surface area (Å²) in [7, 11) is 1.54. The van der Waals surface area contributed by atoms with Crippen molar-refractivity contribution in [3.8, 4) is 5.75 Å². The zero-order valence-electron chi connectivity index (χ0n) is 15.7. The molecule has 0 heterocycles. The summed E-state index contributed by atoms with van der Waals surface area (Å²) >= 11 is 0. The monoisotopic (exact) mass is 399 g/mol. The third-order valence-electron chi connectivity index (χ3n) is 3.80. The highest BCUT2D eigenvalue weighted by molar-refractivity contribution is 6.00. The number of rotatable bonds is 7. The van der Waals surface area contributed by atoms with Crippen LogP contribution in [0.5, 0.6) is 5.75 Å². The van der Waals surface area contributed by atoms with E-state index >= 15 is 0 Å².